The number of hydrazine groups is 1. The summed E-state index contributed by atoms with van der Waals surface area (Å²) in [6.45, 7) is 13.2. The molecule has 5 atom stereocenters. The second-order valence-corrected chi connectivity index (χ2v) is 19.7. The zero-order chi connectivity index (χ0) is 47.7. The monoisotopic (exact) mass is 911 g/mol. The van der Waals surface area contributed by atoms with E-state index in [2.05, 4.69) is 59.3 Å². The minimum Gasteiger partial charge on any atom is -0.508 e. The number of cyclic esters (lactones) is 1. The Bertz CT molecular complexity index is 2670. The quantitative estimate of drug-likeness (QED) is 0.129. The molecule has 1 fully saturated rings. The first-order valence-electron chi connectivity index (χ1n) is 23.8. The molecule has 0 saturated carbocycles. The molecule has 67 heavy (non-hydrogen) atoms. The van der Waals surface area contributed by atoms with Crippen molar-refractivity contribution in [2.24, 2.45) is 17.3 Å². The lowest BCUT2D eigenvalue weighted by Gasteiger charge is -2.37. The summed E-state index contributed by atoms with van der Waals surface area (Å²) in [4.78, 5) is 68.3. The van der Waals surface area contributed by atoms with Crippen molar-refractivity contribution < 1.29 is 33.8 Å². The largest absolute Gasteiger partial charge is 0.508 e. The van der Waals surface area contributed by atoms with Gasteiger partial charge in [-0.3, -0.25) is 34.2 Å². The summed E-state index contributed by atoms with van der Waals surface area (Å²) in [6, 6.07) is 16.7. The standard InChI is InChI=1S/C53H65N7O7/c1-9-59-45-19-17-34-28-40(45)41(48(59)39-14-11-21-55-46(39)32(4)66-8)29-53(5,6)30-67-52(65)43-15-12-22-60(57-43)51(64)44(25-33-23-37(34)27-38(61)24-33)56-49(62)47(31(2)3)58(7)50(63)36-16-18-42-35(26-36)13-10-20-54-42/h10-11,13-14,17,19-21,23-24,27-28,31-32,36,43-44,47,57,61H,9,12,15-16,18,22,25-26,29-30H2,1-8H3,(H,56,62)/t32?,36?,43-,44?,47?/m0/s1. The third kappa shape index (κ3) is 9.83. The number of rotatable bonds is 9. The fraction of sp³-hybridized carbons (Fsp3) is 0.472. The maximum absolute atomic E-state index is 14.8. The van der Waals surface area contributed by atoms with Crippen LogP contribution in [0.4, 0.5) is 0 Å². The van der Waals surface area contributed by atoms with Gasteiger partial charge >= 0.3 is 5.97 Å². The molecular formula is C53H65N7O7. The van der Waals surface area contributed by atoms with Crippen LogP contribution in [0, 0.1) is 17.3 Å². The number of ether oxygens (including phenoxy) is 2. The Balaban J connectivity index is 1.19. The summed E-state index contributed by atoms with van der Waals surface area (Å²) >= 11 is 0. The molecule has 8 rings (SSSR count). The van der Waals surface area contributed by atoms with Gasteiger partial charge in [0.2, 0.25) is 11.8 Å². The van der Waals surface area contributed by atoms with Gasteiger partial charge in [-0.25, -0.2) is 5.43 Å². The van der Waals surface area contributed by atoms with E-state index in [0.717, 1.165) is 55.8 Å². The third-order valence-corrected chi connectivity index (χ3v) is 13.9. The van der Waals surface area contributed by atoms with E-state index in [-0.39, 0.29) is 42.6 Å². The number of hydrogen-bond acceptors (Lipinski definition) is 10. The van der Waals surface area contributed by atoms with E-state index in [9.17, 15) is 24.3 Å². The molecule has 3 N–H and O–H groups in total. The second kappa shape index (κ2) is 19.6. The lowest BCUT2D eigenvalue weighted by Crippen LogP contribution is -2.62. The number of hydrogen-bond donors (Lipinski definition) is 3. The zero-order valence-electron chi connectivity index (χ0n) is 40.1. The van der Waals surface area contributed by atoms with E-state index in [4.69, 9.17) is 14.5 Å². The molecule has 354 valence electrons. The highest BCUT2D eigenvalue weighted by Gasteiger charge is 2.39. The normalized spacial score (nSPS) is 20.7. The highest BCUT2D eigenvalue weighted by molar-refractivity contribution is 5.96. The highest BCUT2D eigenvalue weighted by atomic mass is 16.5. The van der Waals surface area contributed by atoms with Gasteiger partial charge in [0.05, 0.1) is 24.1 Å². The van der Waals surface area contributed by atoms with Crippen molar-refractivity contribution in [2.75, 3.05) is 27.3 Å². The Morgan fingerprint density at radius 3 is 2.55 bits per heavy atom. The van der Waals surface area contributed by atoms with Crippen LogP contribution in [0.5, 0.6) is 5.75 Å². The number of aromatic nitrogens is 3. The number of amides is 3. The number of nitrogens with zero attached hydrogens (tertiary/aromatic N) is 5. The average molecular weight is 912 g/mol. The number of fused-ring (bicyclic) bond motifs is 7. The van der Waals surface area contributed by atoms with E-state index >= 15 is 0 Å². The summed E-state index contributed by atoms with van der Waals surface area (Å²) in [5.41, 5.74) is 11.7. The molecule has 6 bridgehead atoms. The smallest absolute Gasteiger partial charge is 0.324 e. The van der Waals surface area contributed by atoms with Crippen LogP contribution in [0.2, 0.25) is 0 Å². The fourth-order valence-corrected chi connectivity index (χ4v) is 10.4. The van der Waals surface area contributed by atoms with Crippen LogP contribution in [0.15, 0.2) is 73.1 Å². The molecule has 5 aromatic rings. The van der Waals surface area contributed by atoms with Gasteiger partial charge in [-0.2, -0.15) is 0 Å². The molecule has 5 heterocycles. The van der Waals surface area contributed by atoms with Crippen molar-refractivity contribution in [3.05, 3.63) is 101 Å². The number of benzene rings is 2. The molecule has 0 radical (unpaired) electrons. The number of pyridine rings is 2. The zero-order valence-corrected chi connectivity index (χ0v) is 40.1. The molecule has 1 aliphatic carbocycles. The van der Waals surface area contributed by atoms with Gasteiger partial charge in [0, 0.05) is 79.6 Å². The van der Waals surface area contributed by atoms with Gasteiger partial charge in [-0.15, -0.1) is 0 Å². The minimum atomic E-state index is -1.13. The van der Waals surface area contributed by atoms with Gasteiger partial charge < -0.3 is 29.4 Å². The van der Waals surface area contributed by atoms with Crippen molar-refractivity contribution in [3.63, 3.8) is 0 Å². The number of esters is 1. The van der Waals surface area contributed by atoms with Crippen LogP contribution in [0.25, 0.3) is 33.3 Å². The first-order valence-corrected chi connectivity index (χ1v) is 23.8. The van der Waals surface area contributed by atoms with Gasteiger partial charge in [0.15, 0.2) is 0 Å². The lowest BCUT2D eigenvalue weighted by molar-refractivity contribution is -0.155. The Morgan fingerprint density at radius 2 is 1.79 bits per heavy atom. The molecule has 3 aliphatic rings. The molecule has 3 aromatic heterocycles. The van der Waals surface area contributed by atoms with Gasteiger partial charge in [-0.05, 0) is 129 Å². The number of aryl methyl sites for hydroxylation is 2. The maximum Gasteiger partial charge on any atom is 0.324 e. The predicted octanol–water partition coefficient (Wildman–Crippen LogP) is 7.13. The van der Waals surface area contributed by atoms with E-state index in [0.29, 0.717) is 57.2 Å². The van der Waals surface area contributed by atoms with Crippen LogP contribution >= 0.6 is 0 Å². The summed E-state index contributed by atoms with van der Waals surface area (Å²) in [7, 11) is 3.34. The summed E-state index contributed by atoms with van der Waals surface area (Å²) in [5, 5.41) is 16.8. The molecule has 14 nitrogen and oxygen atoms in total. The van der Waals surface area contributed by atoms with Crippen molar-refractivity contribution in [1.82, 2.24) is 35.2 Å². The number of phenols is 1. The highest BCUT2D eigenvalue weighted by Crippen LogP contribution is 2.42. The molecule has 2 aromatic carbocycles. The maximum atomic E-state index is 14.8. The molecule has 3 amide bonds. The van der Waals surface area contributed by atoms with E-state index in [1.807, 2.05) is 51.1 Å². The molecule has 4 unspecified atom stereocenters. The van der Waals surface area contributed by atoms with E-state index in [1.165, 1.54) is 9.91 Å². The summed E-state index contributed by atoms with van der Waals surface area (Å²) < 4.78 is 14.2. The van der Waals surface area contributed by atoms with E-state index in [1.54, 1.807) is 38.7 Å². The van der Waals surface area contributed by atoms with Crippen molar-refractivity contribution in [2.45, 2.75) is 117 Å². The van der Waals surface area contributed by atoms with Crippen LogP contribution in [0.3, 0.4) is 0 Å². The van der Waals surface area contributed by atoms with Crippen LogP contribution < -0.4 is 10.7 Å². The number of nitrogens with one attached hydrogen (secondary N) is 2. The third-order valence-electron chi connectivity index (χ3n) is 13.9. The van der Waals surface area contributed by atoms with Crippen LogP contribution in [-0.4, -0.2) is 98.7 Å². The van der Waals surface area contributed by atoms with Crippen molar-refractivity contribution in [1.29, 1.82) is 0 Å². The Kier molecular flexibility index (Phi) is 13.9. The lowest BCUT2D eigenvalue weighted by atomic mass is 9.84. The molecule has 1 saturated heterocycles. The number of likely N-dealkylation sites (N-methyl/N-ethyl adjacent to an activating group) is 1. The van der Waals surface area contributed by atoms with Crippen molar-refractivity contribution >= 4 is 34.6 Å². The van der Waals surface area contributed by atoms with E-state index < -0.39 is 41.3 Å². The number of carbonyl (C=O) groups is 4. The minimum absolute atomic E-state index is 0.00908. The number of carbonyl (C=O) groups excluding carboxylic acids is 4. The predicted molar refractivity (Wildman–Crippen MR) is 256 cm³/mol. The summed E-state index contributed by atoms with van der Waals surface area (Å²) in [5.74, 6) is -2.10. The summed E-state index contributed by atoms with van der Waals surface area (Å²) in [6.07, 6.45) is 6.68. The molecule has 0 spiro atoms. The Labute approximate surface area is 393 Å². The SMILES string of the molecule is CCn1c(-c2cccnc2C(C)OC)c2c3cc(ccc31)-c1cc(O)cc(c1)CC(NC(=O)C(C(C)C)N(C)C(=O)C1CCc3ncccc3C1)C(=O)N1CCC[C@H](N1)C(=O)OCC(C)(C)C2. The molecular weight excluding hydrogens is 847 g/mol. The Hall–Kier alpha value is -6.12. The van der Waals surface area contributed by atoms with Crippen LogP contribution in [-0.2, 0) is 60.9 Å². The Morgan fingerprint density at radius 1 is 1.01 bits per heavy atom. The fourth-order valence-electron chi connectivity index (χ4n) is 10.4. The number of aromatic hydroxyl groups is 1. The van der Waals surface area contributed by atoms with Gasteiger partial charge in [-0.1, -0.05) is 45.9 Å². The van der Waals surface area contributed by atoms with Gasteiger partial charge in [0.25, 0.3) is 5.91 Å². The molecule has 14 heteroatoms. The van der Waals surface area contributed by atoms with Crippen molar-refractivity contribution in [3.8, 4) is 28.1 Å². The molecule has 2 aliphatic heterocycles. The second-order valence-electron chi connectivity index (χ2n) is 19.7. The number of methoxy groups -OCH3 is 1. The average Bonchev–Trinajstić information content (AvgIpc) is 3.62. The first-order chi connectivity index (χ1) is 32.1. The first kappa shape index (κ1) is 47.4. The van der Waals surface area contributed by atoms with Crippen LogP contribution in [0.1, 0.15) is 95.0 Å². The van der Waals surface area contributed by atoms with Gasteiger partial charge in [0.1, 0.15) is 23.9 Å². The topological polar surface area (TPSA) is 168 Å². The number of phenolic OH excluding ortho intramolecular Hbond substituents is 1.